The highest BCUT2D eigenvalue weighted by Crippen LogP contribution is 2.45. The SMILES string of the molecule is C=CCOC(=O)CCC/C=C\C[C@@H]1[C@@H](CO)[C@H](OC2CCCCO2)C[C@H]1Cl.C=CCOC(=O)CCC/C=C\C[C@@H]1[C@@H](COc2cc(Cl)cc(CCOC(C)=O)c2)[C@H](O)C[C@H]1Cl.C=CCOC(=O)CCC/C=C\C[C@@H]1[C@@H](COc2cc(Cl)cc(CCOC(C)=O)c2)[C@H](OC2CCCCO2)C[C@H]1Cl.O=C(O)CCC/C=C\C[C@@H]1[C@@H](COc2cc(Cl)cc(CCO)c2)[C@H](O)C[C@H]1Cl. The molecule has 5 N–H and O–H groups in total. The van der Waals surface area contributed by atoms with Crippen LogP contribution in [0.5, 0.6) is 17.2 Å². The molecule has 0 radical (unpaired) electrons. The first-order valence-corrected chi connectivity index (χ1v) is 48.4. The van der Waals surface area contributed by atoms with Crippen LogP contribution in [0, 0.1) is 47.3 Å². The minimum Gasteiger partial charge on any atom is -0.493 e. The molecule has 2 saturated heterocycles. The van der Waals surface area contributed by atoms with Gasteiger partial charge in [-0.3, -0.25) is 28.8 Å². The van der Waals surface area contributed by atoms with Gasteiger partial charge in [0, 0.05) is 139 Å². The fourth-order valence-corrected chi connectivity index (χ4v) is 19.2. The zero-order valence-corrected chi connectivity index (χ0v) is 80.1. The third-order valence-corrected chi connectivity index (χ3v) is 26.0. The lowest BCUT2D eigenvalue weighted by Crippen LogP contribution is -2.34. The molecule has 18 atom stereocenters. The molecule has 2 aliphatic heterocycles. The molecule has 0 amide bonds. The Labute approximate surface area is 798 Å². The van der Waals surface area contributed by atoms with Crippen LogP contribution >= 0.6 is 81.2 Å². The zero-order chi connectivity index (χ0) is 93.7. The number of rotatable bonds is 52. The number of carbonyl (C=O) groups excluding carboxylic acids is 5. The van der Waals surface area contributed by atoms with Gasteiger partial charge >= 0.3 is 35.8 Å². The molecular weight excluding hydrogens is 1810 g/mol. The molecule has 0 bridgehead atoms. The van der Waals surface area contributed by atoms with Crippen molar-refractivity contribution in [2.24, 2.45) is 47.3 Å². The van der Waals surface area contributed by atoms with Crippen LogP contribution < -0.4 is 14.2 Å². The average molecular weight is 1940 g/mol. The number of hydrogen-bond donors (Lipinski definition) is 5. The number of allylic oxidation sites excluding steroid dienone is 8. The number of carboxylic acid groups (broad SMARTS) is 1. The van der Waals surface area contributed by atoms with Gasteiger partial charge < -0.3 is 82.4 Å². The van der Waals surface area contributed by atoms with Crippen LogP contribution in [-0.4, -0.2) is 199 Å². The number of aliphatic hydroxyl groups is 4. The van der Waals surface area contributed by atoms with Crippen molar-refractivity contribution in [3.63, 3.8) is 0 Å². The molecule has 6 aliphatic rings. The predicted molar refractivity (Wildman–Crippen MR) is 505 cm³/mol. The van der Waals surface area contributed by atoms with Crippen LogP contribution in [0.1, 0.15) is 197 Å². The van der Waals surface area contributed by atoms with Gasteiger partial charge in [0.25, 0.3) is 0 Å². The number of aliphatic carboxylic acids is 1. The number of alkyl halides is 4. The first-order valence-electron chi connectivity index (χ1n) is 45.5. The minimum absolute atomic E-state index is 0.00530. The number of ether oxygens (including phenoxy) is 12. The number of benzene rings is 3. The summed E-state index contributed by atoms with van der Waals surface area (Å²) in [6.07, 6.45) is 40.2. The van der Waals surface area contributed by atoms with Crippen molar-refractivity contribution in [3.05, 3.63) is 173 Å². The van der Waals surface area contributed by atoms with Crippen molar-refractivity contribution >= 4 is 117 Å². The van der Waals surface area contributed by atoms with E-state index in [9.17, 15) is 44.1 Å². The second kappa shape index (κ2) is 64.6. The van der Waals surface area contributed by atoms with Gasteiger partial charge in [0.05, 0.1) is 57.5 Å². The van der Waals surface area contributed by atoms with Gasteiger partial charge in [-0.05, 0) is 243 Å². The molecule has 2 heterocycles. The molecule has 4 saturated carbocycles. The van der Waals surface area contributed by atoms with E-state index < -0.39 is 18.2 Å². The quantitative estimate of drug-likeness (QED) is 0.0115. The molecule has 0 aromatic heterocycles. The molecule has 30 heteroatoms. The monoisotopic (exact) mass is 1940 g/mol. The van der Waals surface area contributed by atoms with E-state index in [2.05, 4.69) is 50.1 Å². The Morgan fingerprint density at radius 3 is 1.09 bits per heavy atom. The number of carbonyl (C=O) groups is 6. The molecule has 6 fully saturated rings. The van der Waals surface area contributed by atoms with E-state index >= 15 is 0 Å². The lowest BCUT2D eigenvalue weighted by atomic mass is 9.91. The summed E-state index contributed by atoms with van der Waals surface area (Å²) in [4.78, 5) is 67.2. The Kier molecular flexibility index (Phi) is 55.9. The standard InChI is InChI=1S/C31H42Cl2O7.C26H34Cl2O6.C21H28Cl2O5.C21H33ClO5/c1-3-14-37-30(35)11-7-5-4-6-10-26-27(29(20-28(26)33)40-31-12-8-9-15-38-31)21-39-25-18-23(17-24(32)19-25)13-16-36-22(2)34;1-3-11-33-26(31)9-7-5-4-6-8-22-23(25(30)16-24(22)28)17-34-21-14-19(13-20(27)15-21)10-12-32-18(2)29;22-15-9-14(7-8-24)10-16(11-15)28-13-18-17(19(23)12-20(18)25)5-3-1-2-4-6-21(26)27;1-2-12-25-20(24)10-6-4-3-5-9-16-17(15-23)19(14-18(16)22)27-21-11-7-8-13-26-21/h3-4,6,17-19,26-29,31H,1,5,7-16,20-21H2,2H3;3-4,6,13-15,22-25,30H,1,5,7-12,16-17H2,2H3;1,3,9-11,17-20,24-25H,2,4-8,12-13H2,(H,26,27);2-3,5,16-19,21,23H,1,4,6-15H2/b2*6-4-;3-1-;5-3-/t26-,27-,28-,29-,31?;22-,23-,24-,25-;17-,18-,19-,20-;16-,17-,18-,19-,21?/m1111/s1. The predicted octanol–water partition coefficient (Wildman–Crippen LogP) is 20.1. The van der Waals surface area contributed by atoms with E-state index in [0.29, 0.717) is 123 Å². The van der Waals surface area contributed by atoms with Crippen molar-refractivity contribution in [3.8, 4) is 17.2 Å². The number of hydrogen-bond acceptors (Lipinski definition) is 22. The summed E-state index contributed by atoms with van der Waals surface area (Å²) in [5.74, 6) is 0.267. The molecule has 2 unspecified atom stereocenters. The van der Waals surface area contributed by atoms with Crippen LogP contribution in [0.4, 0.5) is 0 Å². The highest BCUT2D eigenvalue weighted by molar-refractivity contribution is 6.31. The highest BCUT2D eigenvalue weighted by atomic mass is 35.5. The Morgan fingerprint density at radius 2 is 0.752 bits per heavy atom. The van der Waals surface area contributed by atoms with Crippen LogP contribution in [0.25, 0.3) is 0 Å². The molecule has 3 aromatic rings. The van der Waals surface area contributed by atoms with Gasteiger partial charge in [-0.1, -0.05) is 121 Å². The number of aliphatic hydroxyl groups excluding tert-OH is 4. The fraction of sp³-hybridized carbons (Fsp3) is 0.616. The Balaban J connectivity index is 0.000000268. The Bertz CT molecular complexity index is 3930. The van der Waals surface area contributed by atoms with Crippen molar-refractivity contribution < 1.29 is 111 Å². The van der Waals surface area contributed by atoms with E-state index in [1.807, 2.05) is 48.6 Å². The van der Waals surface area contributed by atoms with Crippen LogP contribution in [0.3, 0.4) is 0 Å². The van der Waals surface area contributed by atoms with E-state index in [-0.39, 0.29) is 176 Å². The average Bonchev–Trinajstić information content (AvgIpc) is 1.67. The Morgan fingerprint density at radius 1 is 0.419 bits per heavy atom. The molecule has 720 valence electrons. The number of esters is 5. The maximum Gasteiger partial charge on any atom is 0.306 e. The topological polar surface area (TPSA) is 314 Å². The smallest absolute Gasteiger partial charge is 0.306 e. The largest absolute Gasteiger partial charge is 0.493 e. The summed E-state index contributed by atoms with van der Waals surface area (Å²) in [6, 6.07) is 16.3. The van der Waals surface area contributed by atoms with Crippen molar-refractivity contribution in [2.75, 3.05) is 79.3 Å². The number of carboxylic acids is 1. The van der Waals surface area contributed by atoms with Gasteiger partial charge in [-0.2, -0.15) is 0 Å². The van der Waals surface area contributed by atoms with Crippen LogP contribution in [0.15, 0.2) is 141 Å². The molecule has 23 nitrogen and oxygen atoms in total. The molecule has 3 aromatic carbocycles. The first kappa shape index (κ1) is 112. The zero-order valence-electron chi connectivity index (χ0n) is 74.8. The van der Waals surface area contributed by atoms with Gasteiger partial charge in [0.15, 0.2) is 12.6 Å². The first-order chi connectivity index (χ1) is 62.2. The molecule has 129 heavy (non-hydrogen) atoms. The third kappa shape index (κ3) is 44.7. The van der Waals surface area contributed by atoms with Gasteiger partial charge in [0.1, 0.15) is 37.1 Å². The second-order valence-electron chi connectivity index (χ2n) is 33.3. The lowest BCUT2D eigenvalue weighted by Gasteiger charge is -2.30. The maximum atomic E-state index is 11.7. The van der Waals surface area contributed by atoms with Gasteiger partial charge in [0.2, 0.25) is 0 Å². The summed E-state index contributed by atoms with van der Waals surface area (Å²) in [6.45, 7) is 17.3. The molecule has 4 aliphatic carbocycles. The summed E-state index contributed by atoms with van der Waals surface area (Å²) in [5, 5.41) is 49.9. The normalized spacial score (nSPS) is 25.3. The van der Waals surface area contributed by atoms with Gasteiger partial charge in [-0.25, -0.2) is 0 Å². The van der Waals surface area contributed by atoms with E-state index in [0.717, 1.165) is 139 Å². The highest BCUT2D eigenvalue weighted by Gasteiger charge is 2.47. The summed E-state index contributed by atoms with van der Waals surface area (Å²) < 4.78 is 67.3. The number of halogens is 7. The third-order valence-electron chi connectivity index (χ3n) is 23.3. The fourth-order valence-electron chi connectivity index (χ4n) is 16.6. The maximum absolute atomic E-state index is 11.7. The van der Waals surface area contributed by atoms with Crippen molar-refractivity contribution in [1.82, 2.24) is 0 Å². The molecule has 0 spiro atoms. The second-order valence-corrected chi connectivity index (χ2v) is 36.8. The number of unbranched alkanes of at least 4 members (excludes halogenated alkanes) is 4. The summed E-state index contributed by atoms with van der Waals surface area (Å²) in [5.41, 5.74) is 2.73. The molecule has 9 rings (SSSR count). The van der Waals surface area contributed by atoms with Crippen molar-refractivity contribution in [1.29, 1.82) is 0 Å². The van der Waals surface area contributed by atoms with E-state index in [4.69, 9.17) is 148 Å². The van der Waals surface area contributed by atoms with Crippen molar-refractivity contribution in [2.45, 2.75) is 259 Å². The van der Waals surface area contributed by atoms with E-state index in [1.165, 1.54) is 13.8 Å². The summed E-state index contributed by atoms with van der Waals surface area (Å²) >= 11 is 45.1. The van der Waals surface area contributed by atoms with Crippen LogP contribution in [0.2, 0.25) is 15.1 Å². The van der Waals surface area contributed by atoms with E-state index in [1.54, 1.807) is 42.5 Å². The summed E-state index contributed by atoms with van der Waals surface area (Å²) in [7, 11) is 0. The Hall–Kier alpha value is -6.23. The minimum atomic E-state index is -0.784. The van der Waals surface area contributed by atoms with Gasteiger partial charge in [-0.15, -0.1) is 46.4 Å². The van der Waals surface area contributed by atoms with Crippen LogP contribution in [-0.2, 0) is 90.7 Å². The molecular formula is C99H137Cl7O23. The lowest BCUT2D eigenvalue weighted by molar-refractivity contribution is -0.197.